The maximum absolute atomic E-state index is 5.82. The average molecular weight is 219 g/mol. The number of likely N-dealkylation sites (tertiary alicyclic amines) is 1. The molecule has 0 saturated carbocycles. The lowest BCUT2D eigenvalue weighted by Crippen LogP contribution is -2.18. The minimum Gasteiger partial charge on any atom is -0.372 e. The van der Waals surface area contributed by atoms with E-state index in [-0.39, 0.29) is 0 Å². The number of nitrogens with zero attached hydrogens (tertiary/aromatic N) is 1. The van der Waals surface area contributed by atoms with Gasteiger partial charge in [-0.25, -0.2) is 0 Å². The number of rotatable bonds is 3. The molecule has 1 aromatic carbocycles. The normalized spacial score (nSPS) is 20.2. The van der Waals surface area contributed by atoms with Gasteiger partial charge in [0.15, 0.2) is 0 Å². The van der Waals surface area contributed by atoms with Crippen molar-refractivity contribution in [1.29, 1.82) is 0 Å². The monoisotopic (exact) mass is 219 g/mol. The SMILES string of the molecule is C=C.CN1CC[C@@H](OCc2ccccc2)C1. The second-order valence-electron chi connectivity index (χ2n) is 3.97. The summed E-state index contributed by atoms with van der Waals surface area (Å²) >= 11 is 0. The van der Waals surface area contributed by atoms with E-state index in [2.05, 4.69) is 49.4 Å². The minimum absolute atomic E-state index is 0.431. The van der Waals surface area contributed by atoms with E-state index in [4.69, 9.17) is 4.74 Å². The second-order valence-corrected chi connectivity index (χ2v) is 3.97. The van der Waals surface area contributed by atoms with Gasteiger partial charge in [0.05, 0.1) is 12.7 Å². The zero-order valence-corrected chi connectivity index (χ0v) is 10.1. The molecule has 0 amide bonds. The van der Waals surface area contributed by atoms with E-state index in [1.165, 1.54) is 18.5 Å². The lowest BCUT2D eigenvalue weighted by atomic mass is 10.2. The molecule has 1 aromatic rings. The van der Waals surface area contributed by atoms with Crippen LogP contribution in [0.1, 0.15) is 12.0 Å². The predicted octanol–water partition coefficient (Wildman–Crippen LogP) is 2.71. The predicted molar refractivity (Wildman–Crippen MR) is 68.4 cm³/mol. The molecular weight excluding hydrogens is 198 g/mol. The number of likely N-dealkylation sites (N-methyl/N-ethyl adjacent to an activating group) is 1. The third-order valence-electron chi connectivity index (χ3n) is 2.68. The van der Waals surface area contributed by atoms with Gasteiger partial charge < -0.3 is 9.64 Å². The van der Waals surface area contributed by atoms with Gasteiger partial charge in [0.25, 0.3) is 0 Å². The highest BCUT2D eigenvalue weighted by Crippen LogP contribution is 2.12. The molecule has 2 rings (SSSR count). The Morgan fingerprint density at radius 3 is 2.56 bits per heavy atom. The van der Waals surface area contributed by atoms with Crippen molar-refractivity contribution in [2.75, 3.05) is 20.1 Å². The first-order chi connectivity index (χ1) is 7.84. The highest BCUT2D eigenvalue weighted by atomic mass is 16.5. The van der Waals surface area contributed by atoms with Crippen molar-refractivity contribution >= 4 is 0 Å². The molecule has 0 unspecified atom stereocenters. The summed E-state index contributed by atoms with van der Waals surface area (Å²) < 4.78 is 5.82. The highest BCUT2D eigenvalue weighted by Gasteiger charge is 2.19. The lowest BCUT2D eigenvalue weighted by molar-refractivity contribution is 0.0483. The second kappa shape index (κ2) is 7.20. The molecule has 0 bridgehead atoms. The van der Waals surface area contributed by atoms with Gasteiger partial charge in [-0.3, -0.25) is 0 Å². The molecule has 0 N–H and O–H groups in total. The van der Waals surface area contributed by atoms with Crippen molar-refractivity contribution in [1.82, 2.24) is 4.90 Å². The van der Waals surface area contributed by atoms with E-state index in [9.17, 15) is 0 Å². The maximum Gasteiger partial charge on any atom is 0.0721 e. The summed E-state index contributed by atoms with van der Waals surface area (Å²) in [6, 6.07) is 10.4. The van der Waals surface area contributed by atoms with E-state index in [1.807, 2.05) is 6.07 Å². The van der Waals surface area contributed by atoms with Crippen molar-refractivity contribution in [3.05, 3.63) is 49.1 Å². The molecule has 0 aromatic heterocycles. The Kier molecular flexibility index (Phi) is 5.83. The van der Waals surface area contributed by atoms with E-state index in [0.717, 1.165) is 13.2 Å². The summed E-state index contributed by atoms with van der Waals surface area (Å²) in [5.74, 6) is 0. The molecule has 1 fully saturated rings. The fourth-order valence-electron chi connectivity index (χ4n) is 1.82. The summed E-state index contributed by atoms with van der Waals surface area (Å²) in [6.07, 6.45) is 1.60. The molecule has 1 aliphatic heterocycles. The minimum atomic E-state index is 0.431. The van der Waals surface area contributed by atoms with Crippen molar-refractivity contribution < 1.29 is 4.74 Å². The highest BCUT2D eigenvalue weighted by molar-refractivity contribution is 5.13. The van der Waals surface area contributed by atoms with Crippen LogP contribution in [0, 0.1) is 0 Å². The van der Waals surface area contributed by atoms with Crippen LogP contribution < -0.4 is 0 Å². The average Bonchev–Trinajstić information content (AvgIpc) is 2.77. The molecule has 2 nitrogen and oxygen atoms in total. The number of hydrogen-bond donors (Lipinski definition) is 0. The Bertz CT molecular complexity index is 286. The summed E-state index contributed by atoms with van der Waals surface area (Å²) in [4.78, 5) is 2.32. The first kappa shape index (κ1) is 12.9. The maximum atomic E-state index is 5.82. The van der Waals surface area contributed by atoms with Crippen LogP contribution in [-0.2, 0) is 11.3 Å². The third-order valence-corrected chi connectivity index (χ3v) is 2.68. The third kappa shape index (κ3) is 4.17. The Morgan fingerprint density at radius 1 is 1.31 bits per heavy atom. The molecule has 1 saturated heterocycles. The largest absolute Gasteiger partial charge is 0.372 e. The van der Waals surface area contributed by atoms with Crippen molar-refractivity contribution in [2.24, 2.45) is 0 Å². The quantitative estimate of drug-likeness (QED) is 0.725. The zero-order chi connectivity index (χ0) is 11.8. The van der Waals surface area contributed by atoms with Crippen LogP contribution in [0.5, 0.6) is 0 Å². The molecule has 0 aliphatic carbocycles. The van der Waals surface area contributed by atoms with E-state index < -0.39 is 0 Å². The van der Waals surface area contributed by atoms with Gasteiger partial charge >= 0.3 is 0 Å². The van der Waals surface area contributed by atoms with E-state index >= 15 is 0 Å². The van der Waals surface area contributed by atoms with Crippen LogP contribution in [0.25, 0.3) is 0 Å². The van der Waals surface area contributed by atoms with Crippen molar-refractivity contribution in [3.8, 4) is 0 Å². The Hall–Kier alpha value is -1.12. The van der Waals surface area contributed by atoms with E-state index in [1.54, 1.807) is 0 Å². The molecule has 1 aliphatic rings. The van der Waals surface area contributed by atoms with Gasteiger partial charge in [-0.05, 0) is 19.0 Å². The van der Waals surface area contributed by atoms with Crippen molar-refractivity contribution in [2.45, 2.75) is 19.1 Å². The van der Waals surface area contributed by atoms with Crippen LogP contribution in [0.15, 0.2) is 43.5 Å². The first-order valence-electron chi connectivity index (χ1n) is 5.68. The molecule has 0 spiro atoms. The van der Waals surface area contributed by atoms with E-state index in [0.29, 0.717) is 6.10 Å². The van der Waals surface area contributed by atoms with Gasteiger partial charge in [0.1, 0.15) is 0 Å². The van der Waals surface area contributed by atoms with Crippen LogP contribution in [0.2, 0.25) is 0 Å². The Labute approximate surface area is 98.5 Å². The van der Waals surface area contributed by atoms with Gasteiger partial charge in [0, 0.05) is 13.1 Å². The smallest absolute Gasteiger partial charge is 0.0721 e. The topological polar surface area (TPSA) is 12.5 Å². The molecule has 2 heteroatoms. The van der Waals surface area contributed by atoms with Gasteiger partial charge in [0.2, 0.25) is 0 Å². The molecule has 0 radical (unpaired) electrons. The first-order valence-corrected chi connectivity index (χ1v) is 5.68. The summed E-state index contributed by atoms with van der Waals surface area (Å²) in [7, 11) is 2.14. The van der Waals surface area contributed by atoms with Crippen molar-refractivity contribution in [3.63, 3.8) is 0 Å². The summed E-state index contributed by atoms with van der Waals surface area (Å²) in [5.41, 5.74) is 1.27. The number of benzene rings is 1. The molecular formula is C14H21NO. The van der Waals surface area contributed by atoms with Gasteiger partial charge in [-0.2, -0.15) is 0 Å². The van der Waals surface area contributed by atoms with Crippen LogP contribution in [0.4, 0.5) is 0 Å². The Morgan fingerprint density at radius 2 is 2.00 bits per heavy atom. The van der Waals surface area contributed by atoms with Crippen LogP contribution >= 0.6 is 0 Å². The molecule has 1 atom stereocenters. The van der Waals surface area contributed by atoms with Crippen LogP contribution in [-0.4, -0.2) is 31.1 Å². The van der Waals surface area contributed by atoms with Gasteiger partial charge in [-0.15, -0.1) is 13.2 Å². The fraction of sp³-hybridized carbons (Fsp3) is 0.429. The Balaban J connectivity index is 0.000000606. The summed E-state index contributed by atoms with van der Waals surface area (Å²) in [6.45, 7) is 8.99. The molecule has 88 valence electrons. The number of hydrogen-bond acceptors (Lipinski definition) is 2. The summed E-state index contributed by atoms with van der Waals surface area (Å²) in [5, 5.41) is 0. The zero-order valence-electron chi connectivity index (χ0n) is 10.1. The fourth-order valence-corrected chi connectivity index (χ4v) is 1.82. The molecule has 1 heterocycles. The molecule has 16 heavy (non-hydrogen) atoms. The lowest BCUT2D eigenvalue weighted by Gasteiger charge is -2.11. The number of ether oxygens (including phenoxy) is 1. The standard InChI is InChI=1S/C12H17NO.C2H4/c1-13-8-7-12(9-13)14-10-11-5-3-2-4-6-11;1-2/h2-6,12H,7-10H2,1H3;1-2H2/t12-;/m1./s1. The van der Waals surface area contributed by atoms with Gasteiger partial charge in [-0.1, -0.05) is 30.3 Å². The van der Waals surface area contributed by atoms with Crippen LogP contribution in [0.3, 0.4) is 0 Å².